The van der Waals surface area contributed by atoms with Crippen molar-refractivity contribution >= 4 is 11.6 Å². The summed E-state index contributed by atoms with van der Waals surface area (Å²) in [5.74, 6) is -1.03. The first kappa shape index (κ1) is 13.6. The van der Waals surface area contributed by atoms with Crippen LogP contribution in [0.15, 0.2) is 36.4 Å². The molecule has 0 radical (unpaired) electrons. The van der Waals surface area contributed by atoms with E-state index in [0.717, 1.165) is 12.8 Å². The van der Waals surface area contributed by atoms with Gasteiger partial charge in [0.15, 0.2) is 0 Å². The number of benzene rings is 2. The topological polar surface area (TPSA) is 55.1 Å². The lowest BCUT2D eigenvalue weighted by molar-refractivity contribution is 0.1000. The first-order chi connectivity index (χ1) is 10.0. The highest BCUT2D eigenvalue weighted by molar-refractivity contribution is 5.94. The third-order valence-electron chi connectivity index (χ3n) is 4.04. The largest absolute Gasteiger partial charge is 0.381 e. The smallest absolute Gasteiger partial charge is 0.248 e. The molecular weight excluding hydrogens is 267 g/mol. The van der Waals surface area contributed by atoms with Gasteiger partial charge in [-0.25, -0.2) is 4.39 Å². The molecule has 21 heavy (non-hydrogen) atoms. The van der Waals surface area contributed by atoms with Crippen LogP contribution in [0, 0.1) is 12.7 Å². The van der Waals surface area contributed by atoms with E-state index in [-0.39, 0.29) is 11.6 Å². The highest BCUT2D eigenvalue weighted by Crippen LogP contribution is 2.27. The van der Waals surface area contributed by atoms with Gasteiger partial charge in [-0.3, -0.25) is 4.79 Å². The molecule has 3 nitrogen and oxygen atoms in total. The van der Waals surface area contributed by atoms with E-state index in [1.165, 1.54) is 17.2 Å². The molecule has 2 aromatic rings. The Morgan fingerprint density at radius 2 is 1.86 bits per heavy atom. The molecule has 0 aliphatic heterocycles. The average Bonchev–Trinajstić information content (AvgIpc) is 2.85. The monoisotopic (exact) mass is 284 g/mol. The molecule has 3 N–H and O–H groups in total. The van der Waals surface area contributed by atoms with Gasteiger partial charge < -0.3 is 11.1 Å². The predicted molar refractivity (Wildman–Crippen MR) is 80.9 cm³/mol. The van der Waals surface area contributed by atoms with E-state index in [4.69, 9.17) is 5.73 Å². The van der Waals surface area contributed by atoms with Crippen LogP contribution in [-0.4, -0.2) is 11.9 Å². The van der Waals surface area contributed by atoms with Gasteiger partial charge in [0.05, 0.1) is 0 Å². The second-order valence-corrected chi connectivity index (χ2v) is 5.51. The van der Waals surface area contributed by atoms with Crippen molar-refractivity contribution in [3.05, 3.63) is 64.5 Å². The number of hydrogen-bond acceptors (Lipinski definition) is 2. The molecule has 0 saturated carbocycles. The van der Waals surface area contributed by atoms with Crippen molar-refractivity contribution in [3.8, 4) is 0 Å². The highest BCUT2D eigenvalue weighted by atomic mass is 19.1. The second kappa shape index (κ2) is 5.20. The van der Waals surface area contributed by atoms with Gasteiger partial charge >= 0.3 is 0 Å². The zero-order valence-corrected chi connectivity index (χ0v) is 11.8. The zero-order valence-electron chi connectivity index (χ0n) is 11.8. The number of primary amides is 1. The van der Waals surface area contributed by atoms with Crippen LogP contribution in [0.4, 0.5) is 10.1 Å². The number of nitrogens with two attached hydrogens (primary N) is 1. The third kappa shape index (κ3) is 2.61. The first-order valence-electron chi connectivity index (χ1n) is 6.98. The Morgan fingerprint density at radius 1 is 1.24 bits per heavy atom. The maximum atomic E-state index is 13.9. The summed E-state index contributed by atoms with van der Waals surface area (Å²) in [6, 6.07) is 11.3. The number of nitrogens with one attached hydrogen (secondary N) is 1. The molecule has 3 rings (SSSR count). The Balaban J connectivity index is 1.85. The molecule has 0 aromatic heterocycles. The summed E-state index contributed by atoms with van der Waals surface area (Å²) < 4.78 is 13.9. The zero-order chi connectivity index (χ0) is 15.0. The van der Waals surface area contributed by atoms with Crippen LogP contribution in [0.3, 0.4) is 0 Å². The van der Waals surface area contributed by atoms with Crippen molar-refractivity contribution in [2.75, 3.05) is 5.32 Å². The quantitative estimate of drug-likeness (QED) is 0.910. The number of fused-ring (bicyclic) bond motifs is 1. The molecule has 1 amide bonds. The molecule has 0 atom stereocenters. The SMILES string of the molecule is Cc1c(F)cc(C(N)=O)cc1NC1Cc2ccccc2C1. The number of amides is 1. The number of hydrogen-bond donors (Lipinski definition) is 2. The Kier molecular flexibility index (Phi) is 3.37. The van der Waals surface area contributed by atoms with Crippen molar-refractivity contribution in [2.45, 2.75) is 25.8 Å². The molecule has 4 heteroatoms. The molecule has 1 aliphatic carbocycles. The predicted octanol–water partition coefficient (Wildman–Crippen LogP) is 2.81. The van der Waals surface area contributed by atoms with Crippen molar-refractivity contribution < 1.29 is 9.18 Å². The molecule has 1 aliphatic rings. The fourth-order valence-electron chi connectivity index (χ4n) is 2.85. The van der Waals surface area contributed by atoms with Crippen LogP contribution in [0.2, 0.25) is 0 Å². The molecule has 0 heterocycles. The standard InChI is InChI=1S/C17H17FN2O/c1-10-15(18)8-13(17(19)21)9-16(10)20-14-6-11-4-2-3-5-12(11)7-14/h2-5,8-9,14,20H,6-7H2,1H3,(H2,19,21). The van der Waals surface area contributed by atoms with Gasteiger partial charge in [0.2, 0.25) is 5.91 Å². The Hall–Kier alpha value is -2.36. The average molecular weight is 284 g/mol. The molecular formula is C17H17FN2O. The number of carbonyl (C=O) groups excluding carboxylic acids is 1. The van der Waals surface area contributed by atoms with Crippen molar-refractivity contribution in [1.82, 2.24) is 0 Å². The number of halogens is 1. The number of anilines is 1. The van der Waals surface area contributed by atoms with Gasteiger partial charge in [0.1, 0.15) is 5.82 Å². The van der Waals surface area contributed by atoms with Crippen LogP contribution in [0.25, 0.3) is 0 Å². The second-order valence-electron chi connectivity index (χ2n) is 5.51. The molecule has 108 valence electrons. The Morgan fingerprint density at radius 3 is 2.43 bits per heavy atom. The summed E-state index contributed by atoms with van der Waals surface area (Å²) in [7, 11) is 0. The summed E-state index contributed by atoms with van der Waals surface area (Å²) >= 11 is 0. The fraction of sp³-hybridized carbons (Fsp3) is 0.235. The maximum Gasteiger partial charge on any atom is 0.248 e. The van der Waals surface area contributed by atoms with Gasteiger partial charge in [-0.05, 0) is 43.0 Å². The Bertz CT molecular complexity index is 687. The minimum atomic E-state index is -0.619. The highest BCUT2D eigenvalue weighted by Gasteiger charge is 2.22. The van der Waals surface area contributed by atoms with E-state index < -0.39 is 11.7 Å². The van der Waals surface area contributed by atoms with Crippen LogP contribution < -0.4 is 11.1 Å². The minimum Gasteiger partial charge on any atom is -0.381 e. The van der Waals surface area contributed by atoms with Crippen LogP contribution in [-0.2, 0) is 12.8 Å². The van der Waals surface area contributed by atoms with Gasteiger partial charge in [-0.1, -0.05) is 24.3 Å². The lowest BCUT2D eigenvalue weighted by Gasteiger charge is -2.17. The van der Waals surface area contributed by atoms with Gasteiger partial charge in [0, 0.05) is 22.9 Å². The van der Waals surface area contributed by atoms with Gasteiger partial charge in [-0.15, -0.1) is 0 Å². The van der Waals surface area contributed by atoms with E-state index >= 15 is 0 Å². The molecule has 0 saturated heterocycles. The normalized spacial score (nSPS) is 14.0. The fourth-order valence-corrected chi connectivity index (χ4v) is 2.85. The summed E-state index contributed by atoms with van der Waals surface area (Å²) in [5.41, 5.74) is 9.22. The molecule has 0 unspecified atom stereocenters. The van der Waals surface area contributed by atoms with Crippen LogP contribution >= 0.6 is 0 Å². The maximum absolute atomic E-state index is 13.9. The van der Waals surface area contributed by atoms with Gasteiger partial charge in [-0.2, -0.15) is 0 Å². The van der Waals surface area contributed by atoms with E-state index in [9.17, 15) is 9.18 Å². The Labute approximate surface area is 123 Å². The molecule has 0 bridgehead atoms. The molecule has 2 aromatic carbocycles. The molecule has 0 spiro atoms. The third-order valence-corrected chi connectivity index (χ3v) is 4.04. The van der Waals surface area contributed by atoms with Crippen molar-refractivity contribution in [2.24, 2.45) is 5.73 Å². The van der Waals surface area contributed by atoms with Crippen molar-refractivity contribution in [1.29, 1.82) is 0 Å². The van der Waals surface area contributed by atoms with Crippen LogP contribution in [0.1, 0.15) is 27.0 Å². The van der Waals surface area contributed by atoms with Gasteiger partial charge in [0.25, 0.3) is 0 Å². The lowest BCUT2D eigenvalue weighted by Crippen LogP contribution is -2.21. The summed E-state index contributed by atoms with van der Waals surface area (Å²) in [6.07, 6.45) is 1.80. The van der Waals surface area contributed by atoms with E-state index in [0.29, 0.717) is 11.3 Å². The molecule has 0 fully saturated rings. The number of carbonyl (C=O) groups is 1. The van der Waals surface area contributed by atoms with E-state index in [1.54, 1.807) is 13.0 Å². The minimum absolute atomic E-state index is 0.191. The first-order valence-corrected chi connectivity index (χ1v) is 6.98. The van der Waals surface area contributed by atoms with E-state index in [2.05, 4.69) is 17.4 Å². The van der Waals surface area contributed by atoms with Crippen molar-refractivity contribution in [3.63, 3.8) is 0 Å². The summed E-state index contributed by atoms with van der Waals surface area (Å²) in [5, 5.41) is 3.34. The number of rotatable bonds is 3. The summed E-state index contributed by atoms with van der Waals surface area (Å²) in [6.45, 7) is 1.70. The lowest BCUT2D eigenvalue weighted by atomic mass is 10.1. The summed E-state index contributed by atoms with van der Waals surface area (Å²) in [4.78, 5) is 11.3. The van der Waals surface area contributed by atoms with E-state index in [1.807, 2.05) is 12.1 Å². The van der Waals surface area contributed by atoms with Crippen LogP contribution in [0.5, 0.6) is 0 Å².